The monoisotopic (exact) mass is 265 g/mol. The Morgan fingerprint density at radius 3 is 2.65 bits per heavy atom. The van der Waals surface area contributed by atoms with Crippen LogP contribution in [0, 0.1) is 11.3 Å². The van der Waals surface area contributed by atoms with Gasteiger partial charge in [-0.05, 0) is 23.8 Å². The van der Waals surface area contributed by atoms with Crippen molar-refractivity contribution in [3.8, 4) is 6.07 Å². The van der Waals surface area contributed by atoms with Crippen LogP contribution in [0.25, 0.3) is 0 Å². The molecular formula is C16H15N3O. The molecular weight excluding hydrogens is 250 g/mol. The third kappa shape index (κ3) is 3.59. The maximum atomic E-state index is 12.0. The normalized spacial score (nSPS) is 9.60. The van der Waals surface area contributed by atoms with Gasteiger partial charge in [-0.3, -0.25) is 0 Å². The van der Waals surface area contributed by atoms with Crippen LogP contribution in [-0.2, 0) is 6.54 Å². The predicted molar refractivity (Wildman–Crippen MR) is 78.1 cm³/mol. The molecule has 2 aromatic rings. The lowest BCUT2D eigenvalue weighted by Gasteiger charge is -2.18. The summed E-state index contributed by atoms with van der Waals surface area (Å²) in [6, 6.07) is 18.5. The van der Waals surface area contributed by atoms with Gasteiger partial charge in [-0.1, -0.05) is 36.4 Å². The number of nitriles is 1. The standard InChI is InChI=1S/C16H15N3O/c1-19(12-13-6-3-2-4-7-13)16(20)18-15-9-5-8-14(10-15)11-17/h2-10H,12H2,1H3,(H,18,20). The zero-order valence-electron chi connectivity index (χ0n) is 11.2. The minimum absolute atomic E-state index is 0.205. The highest BCUT2D eigenvalue weighted by Crippen LogP contribution is 2.11. The second-order valence-corrected chi connectivity index (χ2v) is 4.46. The largest absolute Gasteiger partial charge is 0.323 e. The van der Waals surface area contributed by atoms with Gasteiger partial charge in [-0.15, -0.1) is 0 Å². The Balaban J connectivity index is 1.99. The van der Waals surface area contributed by atoms with Gasteiger partial charge in [0, 0.05) is 19.3 Å². The highest BCUT2D eigenvalue weighted by atomic mass is 16.2. The summed E-state index contributed by atoms with van der Waals surface area (Å²) in [5, 5.41) is 11.6. The summed E-state index contributed by atoms with van der Waals surface area (Å²) in [6.07, 6.45) is 0. The SMILES string of the molecule is CN(Cc1ccccc1)C(=O)Nc1cccc(C#N)c1. The summed E-state index contributed by atoms with van der Waals surface area (Å²) in [7, 11) is 1.73. The summed E-state index contributed by atoms with van der Waals surface area (Å²) in [5.41, 5.74) is 2.21. The number of amides is 2. The minimum Gasteiger partial charge on any atom is -0.323 e. The zero-order chi connectivity index (χ0) is 14.4. The first kappa shape index (κ1) is 13.6. The summed E-state index contributed by atoms with van der Waals surface area (Å²) in [4.78, 5) is 13.6. The Hall–Kier alpha value is -2.80. The van der Waals surface area contributed by atoms with Crippen molar-refractivity contribution in [3.05, 3.63) is 65.7 Å². The van der Waals surface area contributed by atoms with Crippen molar-refractivity contribution in [2.45, 2.75) is 6.54 Å². The summed E-state index contributed by atoms with van der Waals surface area (Å²) >= 11 is 0. The molecule has 0 saturated heterocycles. The van der Waals surface area contributed by atoms with Crippen molar-refractivity contribution >= 4 is 11.7 Å². The van der Waals surface area contributed by atoms with E-state index in [1.807, 2.05) is 36.4 Å². The van der Waals surface area contributed by atoms with Crippen molar-refractivity contribution in [3.63, 3.8) is 0 Å². The number of rotatable bonds is 3. The second kappa shape index (κ2) is 6.39. The van der Waals surface area contributed by atoms with Gasteiger partial charge in [0.25, 0.3) is 0 Å². The van der Waals surface area contributed by atoms with E-state index in [1.54, 1.807) is 36.2 Å². The van der Waals surface area contributed by atoms with Crippen LogP contribution >= 0.6 is 0 Å². The average molecular weight is 265 g/mol. The Morgan fingerprint density at radius 1 is 1.20 bits per heavy atom. The Labute approximate surface area is 118 Å². The van der Waals surface area contributed by atoms with Gasteiger partial charge < -0.3 is 10.2 Å². The van der Waals surface area contributed by atoms with E-state index in [9.17, 15) is 4.79 Å². The quantitative estimate of drug-likeness (QED) is 0.926. The molecule has 1 N–H and O–H groups in total. The highest BCUT2D eigenvalue weighted by molar-refractivity contribution is 5.89. The van der Waals surface area contributed by atoms with Crippen LogP contribution in [0.1, 0.15) is 11.1 Å². The van der Waals surface area contributed by atoms with Gasteiger partial charge in [0.1, 0.15) is 0 Å². The molecule has 100 valence electrons. The molecule has 0 heterocycles. The molecule has 0 fully saturated rings. The Bertz CT molecular complexity index is 632. The summed E-state index contributed by atoms with van der Waals surface area (Å²) in [6.45, 7) is 0.532. The lowest BCUT2D eigenvalue weighted by molar-refractivity contribution is 0.220. The fraction of sp³-hybridized carbons (Fsp3) is 0.125. The number of nitrogens with one attached hydrogen (secondary N) is 1. The van der Waals surface area contributed by atoms with Crippen molar-refractivity contribution in [2.75, 3.05) is 12.4 Å². The van der Waals surface area contributed by atoms with E-state index >= 15 is 0 Å². The second-order valence-electron chi connectivity index (χ2n) is 4.46. The van der Waals surface area contributed by atoms with E-state index in [-0.39, 0.29) is 6.03 Å². The van der Waals surface area contributed by atoms with Crippen LogP contribution in [0.4, 0.5) is 10.5 Å². The van der Waals surface area contributed by atoms with Crippen LogP contribution in [0.5, 0.6) is 0 Å². The van der Waals surface area contributed by atoms with Gasteiger partial charge in [-0.2, -0.15) is 5.26 Å². The van der Waals surface area contributed by atoms with Crippen molar-refractivity contribution in [1.82, 2.24) is 4.90 Å². The molecule has 0 unspecified atom stereocenters. The number of benzene rings is 2. The van der Waals surface area contributed by atoms with Crippen LogP contribution in [-0.4, -0.2) is 18.0 Å². The van der Waals surface area contributed by atoms with E-state index < -0.39 is 0 Å². The van der Waals surface area contributed by atoms with Crippen LogP contribution < -0.4 is 5.32 Å². The van der Waals surface area contributed by atoms with Gasteiger partial charge in [0.15, 0.2) is 0 Å². The molecule has 0 aliphatic heterocycles. The number of carbonyl (C=O) groups excluding carboxylic acids is 1. The topological polar surface area (TPSA) is 56.1 Å². The molecule has 4 heteroatoms. The molecule has 0 spiro atoms. The maximum Gasteiger partial charge on any atom is 0.321 e. The molecule has 0 radical (unpaired) electrons. The molecule has 20 heavy (non-hydrogen) atoms. The summed E-state index contributed by atoms with van der Waals surface area (Å²) in [5.74, 6) is 0. The zero-order valence-corrected chi connectivity index (χ0v) is 11.2. The minimum atomic E-state index is -0.205. The number of anilines is 1. The number of carbonyl (C=O) groups is 1. The Kier molecular flexibility index (Phi) is 4.35. The fourth-order valence-corrected chi connectivity index (χ4v) is 1.81. The molecule has 0 bridgehead atoms. The number of hydrogen-bond acceptors (Lipinski definition) is 2. The van der Waals surface area contributed by atoms with Gasteiger partial charge >= 0.3 is 6.03 Å². The van der Waals surface area contributed by atoms with E-state index in [0.29, 0.717) is 17.8 Å². The third-order valence-corrected chi connectivity index (χ3v) is 2.85. The maximum absolute atomic E-state index is 12.0. The third-order valence-electron chi connectivity index (χ3n) is 2.85. The van der Waals surface area contributed by atoms with Crippen LogP contribution in [0.3, 0.4) is 0 Å². The smallest absolute Gasteiger partial charge is 0.321 e. The predicted octanol–water partition coefficient (Wildman–Crippen LogP) is 3.22. The summed E-state index contributed by atoms with van der Waals surface area (Å²) < 4.78 is 0. The molecule has 0 saturated carbocycles. The Morgan fingerprint density at radius 2 is 1.95 bits per heavy atom. The van der Waals surface area contributed by atoms with E-state index in [2.05, 4.69) is 5.32 Å². The molecule has 0 aliphatic carbocycles. The number of urea groups is 1. The first-order chi connectivity index (χ1) is 9.69. The van der Waals surface area contributed by atoms with Crippen molar-refractivity contribution < 1.29 is 4.79 Å². The molecule has 2 aromatic carbocycles. The van der Waals surface area contributed by atoms with E-state index in [1.165, 1.54) is 0 Å². The fourth-order valence-electron chi connectivity index (χ4n) is 1.81. The van der Waals surface area contributed by atoms with Crippen LogP contribution in [0.15, 0.2) is 54.6 Å². The van der Waals surface area contributed by atoms with Gasteiger partial charge in [0.05, 0.1) is 11.6 Å². The average Bonchev–Trinajstić information content (AvgIpc) is 2.48. The van der Waals surface area contributed by atoms with E-state index in [4.69, 9.17) is 5.26 Å². The van der Waals surface area contributed by atoms with Crippen LogP contribution in [0.2, 0.25) is 0 Å². The van der Waals surface area contributed by atoms with Crippen molar-refractivity contribution in [2.24, 2.45) is 0 Å². The molecule has 2 amide bonds. The van der Waals surface area contributed by atoms with E-state index in [0.717, 1.165) is 5.56 Å². The molecule has 2 rings (SSSR count). The molecule has 0 aromatic heterocycles. The first-order valence-corrected chi connectivity index (χ1v) is 6.25. The molecule has 4 nitrogen and oxygen atoms in total. The highest BCUT2D eigenvalue weighted by Gasteiger charge is 2.09. The number of hydrogen-bond donors (Lipinski definition) is 1. The lowest BCUT2D eigenvalue weighted by atomic mass is 10.2. The number of nitrogens with zero attached hydrogens (tertiary/aromatic N) is 2. The molecule has 0 atom stereocenters. The van der Waals surface area contributed by atoms with Gasteiger partial charge in [0.2, 0.25) is 0 Å². The lowest BCUT2D eigenvalue weighted by Crippen LogP contribution is -2.30. The molecule has 0 aliphatic rings. The van der Waals surface area contributed by atoms with Gasteiger partial charge in [-0.25, -0.2) is 4.79 Å². The van der Waals surface area contributed by atoms with Crippen molar-refractivity contribution in [1.29, 1.82) is 5.26 Å². The first-order valence-electron chi connectivity index (χ1n) is 6.25.